The monoisotopic (exact) mass is 455 g/mol. The van der Waals surface area contributed by atoms with Gasteiger partial charge in [-0.05, 0) is 33.9 Å². The van der Waals surface area contributed by atoms with E-state index < -0.39 is 0 Å². The Kier molecular flexibility index (Phi) is 15.1. The van der Waals surface area contributed by atoms with Crippen molar-refractivity contribution in [1.82, 2.24) is 20.4 Å². The standard InChI is InChI=1S/C17H37N5O.HI/c1-5-7-12-23-13-8-9-19-17(18-6-2)20-14-16-15-21(3)10-11-22(16)4;/h16H,5-15H2,1-4H3,(H2,18,19,20);1H. The highest BCUT2D eigenvalue weighted by atomic mass is 127. The van der Waals surface area contributed by atoms with Crippen LogP contribution in [0.2, 0.25) is 0 Å². The fraction of sp³-hybridized carbons (Fsp3) is 0.941. The first-order valence-electron chi connectivity index (χ1n) is 9.16. The third kappa shape index (κ3) is 10.7. The molecule has 1 atom stereocenters. The topological polar surface area (TPSA) is 52.1 Å². The molecule has 0 aliphatic carbocycles. The third-order valence-electron chi connectivity index (χ3n) is 4.18. The van der Waals surface area contributed by atoms with Crippen molar-refractivity contribution in [3.05, 3.63) is 0 Å². The molecule has 0 bridgehead atoms. The largest absolute Gasteiger partial charge is 0.381 e. The predicted octanol–water partition coefficient (Wildman–Crippen LogP) is 1.61. The van der Waals surface area contributed by atoms with Crippen molar-refractivity contribution in [3.8, 4) is 0 Å². The van der Waals surface area contributed by atoms with E-state index in [0.29, 0.717) is 6.04 Å². The molecule has 1 rings (SSSR count). The van der Waals surface area contributed by atoms with Crippen molar-refractivity contribution in [2.45, 2.75) is 39.2 Å². The van der Waals surface area contributed by atoms with E-state index in [9.17, 15) is 0 Å². The molecular formula is C17H38IN5O. The van der Waals surface area contributed by atoms with Gasteiger partial charge in [-0.3, -0.25) is 9.89 Å². The van der Waals surface area contributed by atoms with Gasteiger partial charge in [-0.2, -0.15) is 0 Å². The Morgan fingerprint density at radius 1 is 1.12 bits per heavy atom. The van der Waals surface area contributed by atoms with Crippen LogP contribution < -0.4 is 10.6 Å². The molecule has 0 radical (unpaired) electrons. The smallest absolute Gasteiger partial charge is 0.191 e. The van der Waals surface area contributed by atoms with Crippen LogP contribution in [0.4, 0.5) is 0 Å². The van der Waals surface area contributed by atoms with Crippen molar-refractivity contribution < 1.29 is 4.74 Å². The second-order valence-corrected chi connectivity index (χ2v) is 6.36. The van der Waals surface area contributed by atoms with E-state index in [0.717, 1.165) is 71.3 Å². The molecule has 0 aromatic carbocycles. The molecule has 1 aliphatic heterocycles. The molecular weight excluding hydrogens is 417 g/mol. The number of aliphatic imine (C=N–C) groups is 1. The molecule has 0 spiro atoms. The number of guanidine groups is 1. The highest BCUT2D eigenvalue weighted by Gasteiger charge is 2.21. The summed E-state index contributed by atoms with van der Waals surface area (Å²) in [5.41, 5.74) is 0. The summed E-state index contributed by atoms with van der Waals surface area (Å²) in [4.78, 5) is 9.55. The van der Waals surface area contributed by atoms with Gasteiger partial charge in [0.05, 0.1) is 6.54 Å². The normalized spacial score (nSPS) is 19.8. The number of unbranched alkanes of at least 4 members (excludes halogenated alkanes) is 1. The summed E-state index contributed by atoms with van der Waals surface area (Å²) in [6.45, 7) is 12.0. The van der Waals surface area contributed by atoms with Crippen molar-refractivity contribution >= 4 is 29.9 Å². The maximum absolute atomic E-state index is 5.58. The first-order valence-corrected chi connectivity index (χ1v) is 9.16. The molecule has 1 aliphatic rings. The zero-order valence-electron chi connectivity index (χ0n) is 16.0. The highest BCUT2D eigenvalue weighted by molar-refractivity contribution is 14.0. The van der Waals surface area contributed by atoms with Gasteiger partial charge < -0.3 is 20.3 Å². The average molecular weight is 455 g/mol. The molecule has 0 aromatic rings. The van der Waals surface area contributed by atoms with Crippen LogP contribution in [0.3, 0.4) is 0 Å². The molecule has 1 fully saturated rings. The molecule has 1 heterocycles. The number of halogens is 1. The summed E-state index contributed by atoms with van der Waals surface area (Å²) in [7, 11) is 4.38. The van der Waals surface area contributed by atoms with E-state index in [4.69, 9.17) is 9.73 Å². The van der Waals surface area contributed by atoms with Crippen LogP contribution in [0.15, 0.2) is 4.99 Å². The third-order valence-corrected chi connectivity index (χ3v) is 4.18. The summed E-state index contributed by atoms with van der Waals surface area (Å²) in [6, 6.07) is 0.501. The van der Waals surface area contributed by atoms with Crippen molar-refractivity contribution in [3.63, 3.8) is 0 Å². The first-order chi connectivity index (χ1) is 11.2. The van der Waals surface area contributed by atoms with E-state index in [2.05, 4.69) is 48.4 Å². The molecule has 0 saturated carbocycles. The van der Waals surface area contributed by atoms with Crippen LogP contribution >= 0.6 is 24.0 Å². The zero-order chi connectivity index (χ0) is 16.9. The quantitative estimate of drug-likeness (QED) is 0.227. The van der Waals surface area contributed by atoms with Crippen LogP contribution in [0.5, 0.6) is 0 Å². The number of nitrogens with one attached hydrogen (secondary N) is 2. The minimum absolute atomic E-state index is 0. The summed E-state index contributed by atoms with van der Waals surface area (Å²) < 4.78 is 5.58. The molecule has 1 unspecified atom stereocenters. The second kappa shape index (κ2) is 15.2. The average Bonchev–Trinajstić information content (AvgIpc) is 2.54. The summed E-state index contributed by atoms with van der Waals surface area (Å²) in [5.74, 6) is 0.919. The Balaban J connectivity index is 0.00000529. The van der Waals surface area contributed by atoms with Gasteiger partial charge in [0.15, 0.2) is 5.96 Å². The van der Waals surface area contributed by atoms with E-state index in [1.165, 1.54) is 6.42 Å². The first kappa shape index (κ1) is 23.9. The van der Waals surface area contributed by atoms with E-state index >= 15 is 0 Å². The lowest BCUT2D eigenvalue weighted by Crippen LogP contribution is -2.51. The number of nitrogens with zero attached hydrogens (tertiary/aromatic N) is 3. The van der Waals surface area contributed by atoms with Gasteiger partial charge in [-0.15, -0.1) is 24.0 Å². The fourth-order valence-electron chi connectivity index (χ4n) is 2.57. The summed E-state index contributed by atoms with van der Waals surface area (Å²) in [6.07, 6.45) is 3.36. The number of ether oxygens (including phenoxy) is 1. The van der Waals surface area contributed by atoms with Gasteiger partial charge >= 0.3 is 0 Å². The number of likely N-dealkylation sites (N-methyl/N-ethyl adjacent to an activating group) is 2. The molecule has 0 aromatic heterocycles. The Morgan fingerprint density at radius 2 is 1.88 bits per heavy atom. The highest BCUT2D eigenvalue weighted by Crippen LogP contribution is 2.05. The maximum Gasteiger partial charge on any atom is 0.191 e. The molecule has 7 heteroatoms. The van der Waals surface area contributed by atoms with Crippen molar-refractivity contribution in [1.29, 1.82) is 0 Å². The van der Waals surface area contributed by atoms with Crippen LogP contribution in [-0.2, 0) is 4.74 Å². The summed E-state index contributed by atoms with van der Waals surface area (Å²) >= 11 is 0. The van der Waals surface area contributed by atoms with Gasteiger partial charge in [-0.25, -0.2) is 0 Å². The van der Waals surface area contributed by atoms with Crippen LogP contribution in [0.1, 0.15) is 33.1 Å². The zero-order valence-corrected chi connectivity index (χ0v) is 18.3. The SMILES string of the molecule is CCCCOCCCNC(=NCC1CN(C)CCN1C)NCC.I. The second-order valence-electron chi connectivity index (χ2n) is 6.36. The lowest BCUT2D eigenvalue weighted by Gasteiger charge is -2.36. The molecule has 1 saturated heterocycles. The minimum atomic E-state index is 0. The Bertz CT molecular complexity index is 330. The van der Waals surface area contributed by atoms with Crippen molar-refractivity contribution in [2.75, 3.05) is 66.6 Å². The van der Waals surface area contributed by atoms with Gasteiger partial charge in [-0.1, -0.05) is 13.3 Å². The van der Waals surface area contributed by atoms with E-state index in [1.54, 1.807) is 0 Å². The molecule has 2 N–H and O–H groups in total. The number of hydrogen-bond acceptors (Lipinski definition) is 4. The van der Waals surface area contributed by atoms with Crippen LogP contribution in [-0.4, -0.2) is 88.4 Å². The van der Waals surface area contributed by atoms with Gasteiger partial charge in [0.1, 0.15) is 0 Å². The molecule has 24 heavy (non-hydrogen) atoms. The summed E-state index contributed by atoms with van der Waals surface area (Å²) in [5, 5.41) is 6.73. The fourth-order valence-corrected chi connectivity index (χ4v) is 2.57. The number of hydrogen-bond donors (Lipinski definition) is 2. The minimum Gasteiger partial charge on any atom is -0.381 e. The molecule has 0 amide bonds. The van der Waals surface area contributed by atoms with Gasteiger partial charge in [0.25, 0.3) is 0 Å². The number of piperazine rings is 1. The predicted molar refractivity (Wildman–Crippen MR) is 114 cm³/mol. The lowest BCUT2D eigenvalue weighted by molar-refractivity contribution is 0.119. The number of rotatable bonds is 10. The van der Waals surface area contributed by atoms with Gasteiger partial charge in [0.2, 0.25) is 0 Å². The Hall–Kier alpha value is -0.120. The van der Waals surface area contributed by atoms with E-state index in [1.807, 2.05) is 0 Å². The van der Waals surface area contributed by atoms with Crippen molar-refractivity contribution in [2.24, 2.45) is 4.99 Å². The Morgan fingerprint density at radius 3 is 2.58 bits per heavy atom. The Labute approximate surface area is 165 Å². The molecule has 144 valence electrons. The maximum atomic E-state index is 5.58. The lowest BCUT2D eigenvalue weighted by atomic mass is 10.2. The van der Waals surface area contributed by atoms with Crippen LogP contribution in [0, 0.1) is 0 Å². The van der Waals surface area contributed by atoms with E-state index in [-0.39, 0.29) is 24.0 Å². The van der Waals surface area contributed by atoms with Gasteiger partial charge in [0, 0.05) is 52.0 Å². The molecule has 6 nitrogen and oxygen atoms in total. The van der Waals surface area contributed by atoms with Crippen LogP contribution in [0.25, 0.3) is 0 Å².